The normalized spacial score (nSPS) is 18.6. The molecule has 18 heavy (non-hydrogen) atoms. The molecule has 1 aliphatic rings. The van der Waals surface area contributed by atoms with Crippen LogP contribution in [0.25, 0.3) is 0 Å². The smallest absolute Gasteiger partial charge is 0.0210 e. The minimum absolute atomic E-state index is 0.714. The van der Waals surface area contributed by atoms with Crippen molar-refractivity contribution in [3.63, 3.8) is 0 Å². The summed E-state index contributed by atoms with van der Waals surface area (Å²) < 4.78 is 0. The number of nitrogens with one attached hydrogen (secondary N) is 1. The van der Waals surface area contributed by atoms with Gasteiger partial charge in [-0.25, -0.2) is 0 Å². The van der Waals surface area contributed by atoms with Gasteiger partial charge >= 0.3 is 0 Å². The second kappa shape index (κ2) is 7.58. The van der Waals surface area contributed by atoms with Crippen LogP contribution < -0.4 is 5.32 Å². The molecule has 1 aromatic rings. The van der Waals surface area contributed by atoms with E-state index in [1.807, 2.05) is 0 Å². The highest BCUT2D eigenvalue weighted by Gasteiger charge is 2.16. The molecule has 0 aliphatic carbocycles. The second-order valence-corrected chi connectivity index (χ2v) is 5.61. The molecule has 1 N–H and O–H groups in total. The van der Waals surface area contributed by atoms with Crippen LogP contribution in [0.3, 0.4) is 0 Å². The Morgan fingerprint density at radius 3 is 2.56 bits per heavy atom. The molecule has 0 saturated heterocycles. The standard InChI is InChI=1S/C17H27N/c1-2-3-4-5-6-7-12-17-13-15-10-8-9-11-16(15)14-18-17/h8-11,17-18H,2-7,12-14H2,1H3/t17-/m0/s1. The lowest BCUT2D eigenvalue weighted by Crippen LogP contribution is -2.35. The number of hydrogen-bond donors (Lipinski definition) is 1. The summed E-state index contributed by atoms with van der Waals surface area (Å²) in [7, 11) is 0. The fourth-order valence-corrected chi connectivity index (χ4v) is 2.90. The van der Waals surface area contributed by atoms with Crippen molar-refractivity contribution in [3.8, 4) is 0 Å². The van der Waals surface area contributed by atoms with Crippen molar-refractivity contribution >= 4 is 0 Å². The maximum Gasteiger partial charge on any atom is 0.0210 e. The molecule has 0 fully saturated rings. The Kier molecular flexibility index (Phi) is 5.73. The average molecular weight is 245 g/mol. The molecule has 0 unspecified atom stereocenters. The van der Waals surface area contributed by atoms with Crippen LogP contribution in [-0.2, 0) is 13.0 Å². The fraction of sp³-hybridized carbons (Fsp3) is 0.647. The first-order valence-electron chi connectivity index (χ1n) is 7.70. The van der Waals surface area contributed by atoms with Gasteiger partial charge in [0, 0.05) is 12.6 Å². The third-order valence-electron chi connectivity index (χ3n) is 4.07. The first kappa shape index (κ1) is 13.6. The number of rotatable bonds is 7. The number of hydrogen-bond acceptors (Lipinski definition) is 1. The molecule has 0 aromatic heterocycles. The summed E-state index contributed by atoms with van der Waals surface area (Å²) in [6.07, 6.45) is 11.0. The fourth-order valence-electron chi connectivity index (χ4n) is 2.90. The molecule has 0 amide bonds. The minimum atomic E-state index is 0.714. The van der Waals surface area contributed by atoms with Crippen molar-refractivity contribution in [2.24, 2.45) is 0 Å². The third-order valence-corrected chi connectivity index (χ3v) is 4.07. The van der Waals surface area contributed by atoms with E-state index in [4.69, 9.17) is 0 Å². The average Bonchev–Trinajstić information content (AvgIpc) is 2.42. The van der Waals surface area contributed by atoms with E-state index in [9.17, 15) is 0 Å². The Balaban J connectivity index is 1.64. The van der Waals surface area contributed by atoms with Crippen molar-refractivity contribution in [2.75, 3.05) is 0 Å². The Morgan fingerprint density at radius 1 is 1.00 bits per heavy atom. The van der Waals surface area contributed by atoms with Gasteiger partial charge in [0.25, 0.3) is 0 Å². The molecule has 1 aliphatic heterocycles. The Morgan fingerprint density at radius 2 is 1.72 bits per heavy atom. The molecule has 0 spiro atoms. The first-order valence-corrected chi connectivity index (χ1v) is 7.70. The van der Waals surface area contributed by atoms with Crippen LogP contribution in [0.4, 0.5) is 0 Å². The number of fused-ring (bicyclic) bond motifs is 1. The van der Waals surface area contributed by atoms with Gasteiger partial charge in [-0.15, -0.1) is 0 Å². The van der Waals surface area contributed by atoms with Crippen molar-refractivity contribution < 1.29 is 0 Å². The van der Waals surface area contributed by atoms with Crippen LogP contribution in [-0.4, -0.2) is 6.04 Å². The molecule has 100 valence electrons. The van der Waals surface area contributed by atoms with Crippen LogP contribution in [0, 0.1) is 0 Å². The third kappa shape index (κ3) is 4.13. The molecular formula is C17H27N. The van der Waals surface area contributed by atoms with Gasteiger partial charge in [-0.3, -0.25) is 0 Å². The zero-order valence-corrected chi connectivity index (χ0v) is 11.8. The lowest BCUT2D eigenvalue weighted by Gasteiger charge is -2.26. The van der Waals surface area contributed by atoms with Crippen LogP contribution in [0.15, 0.2) is 24.3 Å². The van der Waals surface area contributed by atoms with Crippen molar-refractivity contribution in [3.05, 3.63) is 35.4 Å². The largest absolute Gasteiger partial charge is 0.310 e. The highest BCUT2D eigenvalue weighted by molar-refractivity contribution is 5.29. The number of benzene rings is 1. The first-order chi connectivity index (χ1) is 8.90. The van der Waals surface area contributed by atoms with Crippen LogP contribution in [0.2, 0.25) is 0 Å². The van der Waals surface area contributed by atoms with E-state index in [-0.39, 0.29) is 0 Å². The summed E-state index contributed by atoms with van der Waals surface area (Å²) in [5.74, 6) is 0. The van der Waals surface area contributed by atoms with E-state index in [2.05, 4.69) is 36.5 Å². The quantitative estimate of drug-likeness (QED) is 0.700. The summed E-state index contributed by atoms with van der Waals surface area (Å²) in [5.41, 5.74) is 3.06. The van der Waals surface area contributed by atoms with Gasteiger partial charge in [-0.1, -0.05) is 69.7 Å². The maximum atomic E-state index is 3.68. The van der Waals surface area contributed by atoms with Gasteiger partial charge in [-0.2, -0.15) is 0 Å². The molecule has 1 atom stereocenters. The van der Waals surface area contributed by atoms with Gasteiger partial charge in [-0.05, 0) is 24.0 Å². The Hall–Kier alpha value is -0.820. The predicted octanol–water partition coefficient (Wildman–Crippen LogP) is 4.45. The molecule has 1 aromatic carbocycles. The van der Waals surface area contributed by atoms with E-state index in [1.54, 1.807) is 5.56 Å². The topological polar surface area (TPSA) is 12.0 Å². The van der Waals surface area contributed by atoms with Gasteiger partial charge in [0.1, 0.15) is 0 Å². The zero-order chi connectivity index (χ0) is 12.6. The molecule has 1 nitrogen and oxygen atoms in total. The molecule has 0 saturated carbocycles. The van der Waals surface area contributed by atoms with Gasteiger partial charge in [0.2, 0.25) is 0 Å². The molecular weight excluding hydrogens is 218 g/mol. The molecule has 1 heterocycles. The van der Waals surface area contributed by atoms with E-state index in [0.717, 1.165) is 6.54 Å². The van der Waals surface area contributed by atoms with Gasteiger partial charge < -0.3 is 5.32 Å². The molecule has 1 heteroatoms. The van der Waals surface area contributed by atoms with E-state index in [0.29, 0.717) is 6.04 Å². The van der Waals surface area contributed by atoms with E-state index < -0.39 is 0 Å². The van der Waals surface area contributed by atoms with Gasteiger partial charge in [0.15, 0.2) is 0 Å². The van der Waals surface area contributed by atoms with Crippen molar-refractivity contribution in [1.29, 1.82) is 0 Å². The Labute approximate surface area is 112 Å². The van der Waals surface area contributed by atoms with Crippen LogP contribution >= 0.6 is 0 Å². The summed E-state index contributed by atoms with van der Waals surface area (Å²) >= 11 is 0. The molecule has 2 rings (SSSR count). The SMILES string of the molecule is CCCCCCCC[C@H]1Cc2ccccc2CN1. The van der Waals surface area contributed by atoms with E-state index >= 15 is 0 Å². The van der Waals surface area contributed by atoms with Crippen molar-refractivity contribution in [1.82, 2.24) is 5.32 Å². The molecule has 0 radical (unpaired) electrons. The summed E-state index contributed by atoms with van der Waals surface area (Å²) in [6, 6.07) is 9.58. The zero-order valence-electron chi connectivity index (χ0n) is 11.8. The lowest BCUT2D eigenvalue weighted by molar-refractivity contribution is 0.429. The second-order valence-electron chi connectivity index (χ2n) is 5.61. The summed E-state index contributed by atoms with van der Waals surface area (Å²) in [6.45, 7) is 3.35. The van der Waals surface area contributed by atoms with Crippen LogP contribution in [0.5, 0.6) is 0 Å². The predicted molar refractivity (Wildman–Crippen MR) is 78.8 cm³/mol. The Bertz CT molecular complexity index is 345. The summed E-state index contributed by atoms with van der Waals surface area (Å²) in [5, 5.41) is 3.68. The van der Waals surface area contributed by atoms with Crippen molar-refractivity contribution in [2.45, 2.75) is 70.9 Å². The highest BCUT2D eigenvalue weighted by Crippen LogP contribution is 2.19. The lowest BCUT2D eigenvalue weighted by atomic mass is 9.93. The highest BCUT2D eigenvalue weighted by atomic mass is 14.9. The number of unbranched alkanes of at least 4 members (excludes halogenated alkanes) is 5. The summed E-state index contributed by atoms with van der Waals surface area (Å²) in [4.78, 5) is 0. The minimum Gasteiger partial charge on any atom is -0.310 e. The van der Waals surface area contributed by atoms with E-state index in [1.165, 1.54) is 56.9 Å². The van der Waals surface area contributed by atoms with Gasteiger partial charge in [0.05, 0.1) is 0 Å². The monoisotopic (exact) mass is 245 g/mol. The molecule has 0 bridgehead atoms. The van der Waals surface area contributed by atoms with Crippen LogP contribution in [0.1, 0.15) is 63.0 Å². The maximum absolute atomic E-state index is 3.68.